The van der Waals surface area contributed by atoms with Crippen molar-refractivity contribution in [2.24, 2.45) is 9.98 Å². The fourth-order valence-corrected chi connectivity index (χ4v) is 9.07. The second-order valence-electron chi connectivity index (χ2n) is 18.7. The van der Waals surface area contributed by atoms with Crippen LogP contribution in [0.3, 0.4) is 0 Å². The maximum Gasteiger partial charge on any atom is 0.0848 e. The number of unbranched alkanes of at least 4 members (excludes halogenated alkanes) is 26. The zero-order chi connectivity index (χ0) is 43.9. The summed E-state index contributed by atoms with van der Waals surface area (Å²) >= 11 is 0. The van der Waals surface area contributed by atoms with Crippen LogP contribution < -0.4 is 0 Å². The van der Waals surface area contributed by atoms with Gasteiger partial charge in [-0.3, -0.25) is 4.99 Å². The van der Waals surface area contributed by atoms with Crippen LogP contribution in [0.1, 0.15) is 276 Å². The Balaban J connectivity index is 0.0000192. The summed E-state index contributed by atoms with van der Waals surface area (Å²) in [6, 6.07) is 13.9. The number of hydrogen-bond donors (Lipinski definition) is 0. The molecular formula is C59H100N2Ni. The van der Waals surface area contributed by atoms with Gasteiger partial charge >= 0.3 is 0 Å². The predicted octanol–water partition coefficient (Wildman–Crippen LogP) is 20.2. The maximum absolute atomic E-state index is 5.39. The normalized spacial score (nSPS) is 12.2. The van der Waals surface area contributed by atoms with Crippen LogP contribution in [0.25, 0.3) is 0 Å². The van der Waals surface area contributed by atoms with Gasteiger partial charge in [0.25, 0.3) is 0 Å². The molecule has 0 fully saturated rings. The molecule has 0 unspecified atom stereocenters. The molecule has 0 aliphatic heterocycles. The van der Waals surface area contributed by atoms with Crippen LogP contribution in [0.4, 0.5) is 11.4 Å². The maximum atomic E-state index is 5.39. The van der Waals surface area contributed by atoms with Gasteiger partial charge in [0.1, 0.15) is 0 Å². The van der Waals surface area contributed by atoms with Crippen LogP contribution in [0, 0.1) is 0 Å². The average Bonchev–Trinajstić information content (AvgIpc) is 3.26. The van der Waals surface area contributed by atoms with Crippen molar-refractivity contribution in [2.75, 3.05) is 0 Å². The van der Waals surface area contributed by atoms with Gasteiger partial charge in [-0.25, -0.2) is 4.99 Å². The summed E-state index contributed by atoms with van der Waals surface area (Å²) in [4.78, 5) is 10.8. The molecule has 0 amide bonds. The number of hydrogen-bond acceptors (Lipinski definition) is 2. The van der Waals surface area contributed by atoms with Gasteiger partial charge in [0.05, 0.1) is 22.8 Å². The Morgan fingerprint density at radius 2 is 0.710 bits per heavy atom. The van der Waals surface area contributed by atoms with Crippen LogP contribution in [0.2, 0.25) is 0 Å². The number of allylic oxidation sites excluding steroid dienone is 2. The molecular weight excluding hydrogens is 795 g/mol. The molecule has 0 spiro atoms. The van der Waals surface area contributed by atoms with E-state index in [1.54, 1.807) is 0 Å². The molecule has 0 aliphatic carbocycles. The molecule has 0 radical (unpaired) electrons. The van der Waals surface area contributed by atoms with Crippen molar-refractivity contribution in [3.8, 4) is 0 Å². The summed E-state index contributed by atoms with van der Waals surface area (Å²) in [6.45, 7) is 13.7. The van der Waals surface area contributed by atoms with Crippen LogP contribution in [0.5, 0.6) is 0 Å². The van der Waals surface area contributed by atoms with E-state index in [0.717, 1.165) is 87.0 Å². The van der Waals surface area contributed by atoms with Gasteiger partial charge in [0, 0.05) is 16.5 Å². The molecule has 0 aromatic heterocycles. The summed E-state index contributed by atoms with van der Waals surface area (Å²) in [7, 11) is 0. The van der Waals surface area contributed by atoms with Crippen LogP contribution >= 0.6 is 0 Å². The van der Waals surface area contributed by atoms with E-state index < -0.39 is 0 Å². The van der Waals surface area contributed by atoms with Gasteiger partial charge in [-0.2, -0.15) is 0 Å². The Hall–Kier alpha value is -1.99. The minimum atomic E-state index is 0. The molecule has 0 saturated heterocycles. The third-order valence-electron chi connectivity index (χ3n) is 12.8. The van der Waals surface area contributed by atoms with Crippen molar-refractivity contribution in [2.45, 2.75) is 279 Å². The Morgan fingerprint density at radius 1 is 0.371 bits per heavy atom. The molecule has 2 rings (SSSR count). The van der Waals surface area contributed by atoms with Crippen molar-refractivity contribution < 1.29 is 16.5 Å². The van der Waals surface area contributed by atoms with Gasteiger partial charge in [-0.05, 0) is 104 Å². The van der Waals surface area contributed by atoms with Gasteiger partial charge in [-0.15, -0.1) is 0 Å². The number of benzene rings is 2. The first-order chi connectivity index (χ1) is 30.1. The molecule has 62 heavy (non-hydrogen) atoms. The monoisotopic (exact) mass is 895 g/mol. The van der Waals surface area contributed by atoms with Gasteiger partial charge in [0.15, 0.2) is 0 Å². The number of aryl methyl sites for hydroxylation is 4. The summed E-state index contributed by atoms with van der Waals surface area (Å²) in [5.41, 5.74) is 10.2. The van der Waals surface area contributed by atoms with Gasteiger partial charge in [-0.1, -0.05) is 246 Å². The molecule has 0 aliphatic rings. The molecule has 0 bridgehead atoms. The third-order valence-corrected chi connectivity index (χ3v) is 12.8. The van der Waals surface area contributed by atoms with E-state index in [1.165, 1.54) is 196 Å². The van der Waals surface area contributed by atoms with E-state index >= 15 is 0 Å². The van der Waals surface area contributed by atoms with E-state index in [0.29, 0.717) is 0 Å². The molecule has 0 N–H and O–H groups in total. The van der Waals surface area contributed by atoms with Crippen molar-refractivity contribution in [3.63, 3.8) is 0 Å². The molecule has 0 heterocycles. The van der Waals surface area contributed by atoms with E-state index in [9.17, 15) is 0 Å². The average molecular weight is 896 g/mol. The first kappa shape index (κ1) is 58.0. The Morgan fingerprint density at radius 3 is 1.08 bits per heavy atom. The van der Waals surface area contributed by atoms with Gasteiger partial charge < -0.3 is 0 Å². The summed E-state index contributed by atoms with van der Waals surface area (Å²) < 4.78 is 0. The Labute approximate surface area is 397 Å². The molecule has 0 saturated carbocycles. The van der Waals surface area contributed by atoms with E-state index in [2.05, 4.69) is 90.1 Å². The molecule has 2 nitrogen and oxygen atoms in total. The van der Waals surface area contributed by atoms with Crippen LogP contribution in [-0.2, 0) is 42.2 Å². The first-order valence-electron chi connectivity index (χ1n) is 27.2. The molecule has 2 aromatic carbocycles. The Kier molecular flexibility index (Phi) is 39.0. The molecule has 3 heteroatoms. The molecule has 356 valence electrons. The van der Waals surface area contributed by atoms with Gasteiger partial charge in [0.2, 0.25) is 0 Å². The Bertz CT molecular complexity index is 1420. The van der Waals surface area contributed by atoms with Crippen molar-refractivity contribution >= 4 is 22.8 Å². The minimum absolute atomic E-state index is 0. The topological polar surface area (TPSA) is 24.7 Å². The van der Waals surface area contributed by atoms with Crippen molar-refractivity contribution in [1.29, 1.82) is 0 Å². The van der Waals surface area contributed by atoms with Crippen LogP contribution in [-0.4, -0.2) is 11.4 Å². The minimum Gasteiger partial charge on any atom is -0.251 e. The van der Waals surface area contributed by atoms with Crippen molar-refractivity contribution in [1.82, 2.24) is 0 Å². The second kappa shape index (κ2) is 41.7. The van der Waals surface area contributed by atoms with Crippen molar-refractivity contribution in [3.05, 3.63) is 70.8 Å². The smallest absolute Gasteiger partial charge is 0.0848 e. The van der Waals surface area contributed by atoms with E-state index in [4.69, 9.17) is 9.98 Å². The number of aliphatic imine (C=N–C) groups is 2. The zero-order valence-corrected chi connectivity index (χ0v) is 43.0. The molecule has 0 atom stereocenters. The fraction of sp³-hybridized carbons (Fsp3) is 0.729. The summed E-state index contributed by atoms with van der Waals surface area (Å²) in [5, 5.41) is 0. The van der Waals surface area contributed by atoms with E-state index in [-0.39, 0.29) is 16.5 Å². The SMILES string of the molecule is CCCCCCCCCCCCCCCCCCCCCCCCCCC/C=C/C(=N\c1ccc(CCC)c(CCC)c1)C(/CCCC)=N/c1ccc(CCC)c(CCC)c1.[Ni]. The number of nitrogens with zero attached hydrogens (tertiary/aromatic N) is 2. The standard InChI is InChI=1S/C59H100N2.Ni/c1-7-13-15-16-17-18-19-20-21-22-23-24-25-26-27-28-29-30-31-32-33-34-35-36-37-38-39-45-59(61-57-49-47-53(41-10-4)55(51-57)43-12-6)58(44-14-8-2)60-56-48-46-52(40-9-3)54(50-56)42-11-5;/h39,45-51H,7-38,40-44H2,1-6H3;/b45-39+,60-58+,61-59+;. The quantitative estimate of drug-likeness (QED) is 0.0361. The molecule has 2 aromatic rings. The first-order valence-corrected chi connectivity index (χ1v) is 27.2. The van der Waals surface area contributed by atoms with Crippen LogP contribution in [0.15, 0.2) is 58.5 Å². The summed E-state index contributed by atoms with van der Waals surface area (Å²) in [5.74, 6) is 0. The largest absolute Gasteiger partial charge is 0.251 e. The predicted molar refractivity (Wildman–Crippen MR) is 277 cm³/mol. The number of rotatable bonds is 41. The van der Waals surface area contributed by atoms with E-state index in [1.807, 2.05) is 0 Å². The third kappa shape index (κ3) is 28.7. The summed E-state index contributed by atoms with van der Waals surface area (Å²) in [6.07, 6.45) is 54.2. The zero-order valence-electron chi connectivity index (χ0n) is 42.0. The second-order valence-corrected chi connectivity index (χ2v) is 18.7. The fourth-order valence-electron chi connectivity index (χ4n) is 9.07.